The van der Waals surface area contributed by atoms with Crippen molar-refractivity contribution in [3.63, 3.8) is 0 Å². The largest absolute Gasteiger partial charge is 0.365 e. The molecule has 0 saturated carbocycles. The molecule has 1 heterocycles. The van der Waals surface area contributed by atoms with Crippen LogP contribution in [-0.2, 0) is 4.79 Å². The molecule has 0 bridgehead atoms. The van der Waals surface area contributed by atoms with E-state index in [1.165, 1.54) is 18.2 Å². The van der Waals surface area contributed by atoms with Gasteiger partial charge in [0.2, 0.25) is 5.91 Å². The maximum absolute atomic E-state index is 14.0. The molecule has 1 aromatic carbocycles. The summed E-state index contributed by atoms with van der Waals surface area (Å²) >= 11 is 0. The minimum Gasteiger partial charge on any atom is -0.365 e. The Morgan fingerprint density at radius 2 is 1.96 bits per heavy atom. The van der Waals surface area contributed by atoms with Gasteiger partial charge in [0.25, 0.3) is 0 Å². The highest BCUT2D eigenvalue weighted by Gasteiger charge is 2.27. The Kier molecular flexibility index (Phi) is 11.1. The summed E-state index contributed by atoms with van der Waals surface area (Å²) in [5, 5.41) is 9.26. The van der Waals surface area contributed by atoms with E-state index in [0.717, 1.165) is 12.8 Å². The first-order chi connectivity index (χ1) is 13.0. The van der Waals surface area contributed by atoms with Gasteiger partial charge in [0.1, 0.15) is 17.3 Å². The molecule has 0 aliphatic carbocycles. The van der Waals surface area contributed by atoms with Gasteiger partial charge in [-0.05, 0) is 31.9 Å². The predicted octanol–water partition coefficient (Wildman–Crippen LogP) is 2.63. The Morgan fingerprint density at radius 1 is 1.25 bits per heavy atom. The zero-order valence-corrected chi connectivity index (χ0v) is 18.8. The van der Waals surface area contributed by atoms with Crippen molar-refractivity contribution in [2.75, 3.05) is 37.6 Å². The van der Waals surface area contributed by atoms with Crippen molar-refractivity contribution in [2.45, 2.75) is 39.2 Å². The third kappa shape index (κ3) is 7.40. The Balaban J connectivity index is 0.00000392. The number of benzene rings is 1. The van der Waals surface area contributed by atoms with Gasteiger partial charge in [-0.3, -0.25) is 9.79 Å². The number of para-hydroxylation sites is 1. The molecular formula is C19H30F2IN5O. The van der Waals surface area contributed by atoms with E-state index in [-0.39, 0.29) is 41.6 Å². The number of carbonyl (C=O) groups excluding carboxylic acids is 1. The number of nitrogens with zero attached hydrogens (tertiary/aromatic N) is 2. The van der Waals surface area contributed by atoms with Crippen LogP contribution in [0, 0.1) is 11.6 Å². The van der Waals surface area contributed by atoms with Gasteiger partial charge in [-0.2, -0.15) is 0 Å². The highest BCUT2D eigenvalue weighted by atomic mass is 127. The summed E-state index contributed by atoms with van der Waals surface area (Å²) in [6, 6.07) is 3.94. The van der Waals surface area contributed by atoms with Crippen molar-refractivity contribution >= 4 is 41.5 Å². The monoisotopic (exact) mass is 509 g/mol. The highest BCUT2D eigenvalue weighted by Crippen LogP contribution is 2.26. The normalized spacial score (nSPS) is 16.5. The van der Waals surface area contributed by atoms with Crippen LogP contribution < -0.4 is 20.9 Å². The number of rotatable bonds is 8. The molecule has 1 aliphatic heterocycles. The average molecular weight is 509 g/mol. The molecule has 0 aromatic heterocycles. The SMILES string of the molecule is CCCNC(=O)CCN=C(NCC)NC1CCN(c2c(F)cccc2F)C1.I. The predicted molar refractivity (Wildman–Crippen MR) is 119 cm³/mol. The number of carbonyl (C=O) groups is 1. The summed E-state index contributed by atoms with van der Waals surface area (Å²) in [4.78, 5) is 17.8. The van der Waals surface area contributed by atoms with E-state index in [4.69, 9.17) is 0 Å². The van der Waals surface area contributed by atoms with E-state index in [0.29, 0.717) is 45.1 Å². The van der Waals surface area contributed by atoms with Gasteiger partial charge in [-0.15, -0.1) is 24.0 Å². The van der Waals surface area contributed by atoms with Gasteiger partial charge in [0.05, 0.1) is 6.54 Å². The Morgan fingerprint density at radius 3 is 2.61 bits per heavy atom. The molecular weight excluding hydrogens is 479 g/mol. The first kappa shape index (κ1) is 24.4. The standard InChI is InChI=1S/C19H29F2N5O.HI/c1-3-10-23-17(27)8-11-24-19(22-4-2)25-14-9-12-26(13-14)18-15(20)6-5-7-16(18)21;/h5-7,14H,3-4,8-13H2,1-2H3,(H,23,27)(H2,22,24,25);1H. The first-order valence-electron chi connectivity index (χ1n) is 9.55. The molecule has 1 aliphatic rings. The molecule has 1 aromatic rings. The van der Waals surface area contributed by atoms with Gasteiger partial charge < -0.3 is 20.9 Å². The second kappa shape index (κ2) is 12.7. The van der Waals surface area contributed by atoms with E-state index in [2.05, 4.69) is 20.9 Å². The second-order valence-corrected chi connectivity index (χ2v) is 6.51. The van der Waals surface area contributed by atoms with Crippen LogP contribution in [0.3, 0.4) is 0 Å². The molecule has 158 valence electrons. The molecule has 0 radical (unpaired) electrons. The molecule has 1 saturated heterocycles. The molecule has 1 unspecified atom stereocenters. The minimum absolute atomic E-state index is 0. The maximum atomic E-state index is 14.0. The van der Waals surface area contributed by atoms with Crippen LogP contribution >= 0.6 is 24.0 Å². The van der Waals surface area contributed by atoms with Crippen molar-refractivity contribution in [3.05, 3.63) is 29.8 Å². The van der Waals surface area contributed by atoms with Crippen molar-refractivity contribution in [3.8, 4) is 0 Å². The van der Waals surface area contributed by atoms with Gasteiger partial charge >= 0.3 is 0 Å². The fourth-order valence-corrected chi connectivity index (χ4v) is 3.01. The summed E-state index contributed by atoms with van der Waals surface area (Å²) in [6.07, 6.45) is 1.98. The molecule has 1 fully saturated rings. The number of hydrogen-bond donors (Lipinski definition) is 3. The Labute approximate surface area is 182 Å². The highest BCUT2D eigenvalue weighted by molar-refractivity contribution is 14.0. The molecule has 3 N–H and O–H groups in total. The van der Waals surface area contributed by atoms with Crippen LogP contribution in [0.25, 0.3) is 0 Å². The van der Waals surface area contributed by atoms with Gasteiger partial charge in [0, 0.05) is 38.6 Å². The van der Waals surface area contributed by atoms with Crippen molar-refractivity contribution < 1.29 is 13.6 Å². The summed E-state index contributed by atoms with van der Waals surface area (Å²) in [6.45, 7) is 6.75. The topological polar surface area (TPSA) is 68.8 Å². The number of amides is 1. The molecule has 9 heteroatoms. The third-order valence-electron chi connectivity index (χ3n) is 4.31. The van der Waals surface area contributed by atoms with Crippen molar-refractivity contribution in [2.24, 2.45) is 4.99 Å². The fourth-order valence-electron chi connectivity index (χ4n) is 3.01. The van der Waals surface area contributed by atoms with Crippen LogP contribution in [0.1, 0.15) is 33.1 Å². The van der Waals surface area contributed by atoms with Crippen LogP contribution in [0.4, 0.5) is 14.5 Å². The van der Waals surface area contributed by atoms with Crippen LogP contribution in [-0.4, -0.2) is 50.6 Å². The lowest BCUT2D eigenvalue weighted by molar-refractivity contribution is -0.120. The van der Waals surface area contributed by atoms with Gasteiger partial charge in [0.15, 0.2) is 5.96 Å². The molecule has 2 rings (SSSR count). The van der Waals surface area contributed by atoms with E-state index in [1.807, 2.05) is 13.8 Å². The number of guanidine groups is 1. The summed E-state index contributed by atoms with van der Waals surface area (Å²) < 4.78 is 27.9. The van der Waals surface area contributed by atoms with E-state index in [1.54, 1.807) is 4.90 Å². The summed E-state index contributed by atoms with van der Waals surface area (Å²) in [5.41, 5.74) is 0.0244. The molecule has 1 atom stereocenters. The summed E-state index contributed by atoms with van der Waals surface area (Å²) in [5.74, 6) is -0.496. The molecule has 1 amide bonds. The quantitative estimate of drug-likeness (QED) is 0.287. The van der Waals surface area contributed by atoms with Crippen molar-refractivity contribution in [1.29, 1.82) is 0 Å². The third-order valence-corrected chi connectivity index (χ3v) is 4.31. The van der Waals surface area contributed by atoms with Crippen LogP contribution in [0.5, 0.6) is 0 Å². The molecule has 28 heavy (non-hydrogen) atoms. The fraction of sp³-hybridized carbons (Fsp3) is 0.579. The zero-order chi connectivity index (χ0) is 19.6. The smallest absolute Gasteiger partial charge is 0.221 e. The van der Waals surface area contributed by atoms with Gasteiger partial charge in [-0.1, -0.05) is 13.0 Å². The number of hydrogen-bond acceptors (Lipinski definition) is 3. The molecule has 6 nitrogen and oxygen atoms in total. The Bertz CT molecular complexity index is 639. The maximum Gasteiger partial charge on any atom is 0.221 e. The number of aliphatic imine (C=N–C) groups is 1. The second-order valence-electron chi connectivity index (χ2n) is 6.51. The number of halogens is 3. The first-order valence-corrected chi connectivity index (χ1v) is 9.55. The van der Waals surface area contributed by atoms with Gasteiger partial charge in [-0.25, -0.2) is 8.78 Å². The van der Waals surface area contributed by atoms with Crippen molar-refractivity contribution in [1.82, 2.24) is 16.0 Å². The van der Waals surface area contributed by atoms with E-state index >= 15 is 0 Å². The minimum atomic E-state index is -0.547. The average Bonchev–Trinajstić information content (AvgIpc) is 3.08. The lowest BCUT2D eigenvalue weighted by Crippen LogP contribution is -2.44. The van der Waals surface area contributed by atoms with Crippen LogP contribution in [0.15, 0.2) is 23.2 Å². The molecule has 0 spiro atoms. The lowest BCUT2D eigenvalue weighted by atomic mass is 10.2. The number of nitrogens with one attached hydrogen (secondary N) is 3. The number of anilines is 1. The lowest BCUT2D eigenvalue weighted by Gasteiger charge is -2.21. The zero-order valence-electron chi connectivity index (χ0n) is 16.4. The van der Waals surface area contributed by atoms with E-state index in [9.17, 15) is 13.6 Å². The van der Waals surface area contributed by atoms with E-state index < -0.39 is 11.6 Å². The summed E-state index contributed by atoms with van der Waals surface area (Å²) in [7, 11) is 0. The van der Waals surface area contributed by atoms with Crippen LogP contribution in [0.2, 0.25) is 0 Å². The Hall–Kier alpha value is -1.65.